The summed E-state index contributed by atoms with van der Waals surface area (Å²) in [5.41, 5.74) is 7.19. The van der Waals surface area contributed by atoms with Crippen LogP contribution in [0.15, 0.2) is 231 Å². The molecule has 7 N–H and O–H groups in total. The van der Waals surface area contributed by atoms with Crippen LogP contribution in [-0.4, -0.2) is 135 Å². The number of benzene rings is 8. The van der Waals surface area contributed by atoms with Crippen molar-refractivity contribution in [3.05, 3.63) is 263 Å². The molecule has 0 radical (unpaired) electrons. The zero-order valence-corrected chi connectivity index (χ0v) is 75.0. The topological polar surface area (TPSA) is 375 Å². The molecule has 46 heteroatoms. The number of amides is 12. The molecule has 29 nitrogen and oxygen atoms in total. The van der Waals surface area contributed by atoms with E-state index in [0.717, 1.165) is 106 Å². The van der Waals surface area contributed by atoms with Crippen molar-refractivity contribution in [1.82, 2.24) is 40.7 Å². The molecule has 135 heavy (non-hydrogen) atoms. The standard InChI is InChI=1S/C22H17ClF3N3O3.C22H19F3N4O3.C22H18F3N3O4.C22H18F3N3O3.CH4.Cl3OP.H3N.H2O/c1-21(2)19(30)29(14-7-9-15(10-8-14)32-22(24,25)26)20(31)28(21)12-13-11-18(23)27-17-6-4-3-5-16(13)17;1-21(2)19(30)29(14-7-9-15(10-8-14)32-22(23,24)25)20(31)28(21)12-13-11-18(26)27-17-6-4-3-5-16(13)17;1-21(2)19(29)28(15-7-9-16(10-8-15)32-22(23,24)25)20(30)26(21)13-14-11-12-27(31)18-6-4-3-5-17(14)18;1-21(2)19(29)28(15-7-9-16(10-8-15)31-22(23,24)25)20(30)27(21)13-14-11-12-26-18-6-4-3-5-17(14)18;;1-5(2,3)4;;/h3-11H,12H2,1-2H3;3-11H,12H2,1-2H3,(H2,26,27);3-12H,13H2,1-2H3;3-12H,13H2,1-2H3;1H4;;1H3;1H2. The fourth-order valence-electron chi connectivity index (χ4n) is 14.6. The summed E-state index contributed by atoms with van der Waals surface area (Å²) in [6.07, 6.45) is -16.4. The minimum Gasteiger partial charge on any atom is -0.618 e. The number of carbonyl (C=O) groups is 8. The molecule has 0 atom stereocenters. The summed E-state index contributed by atoms with van der Waals surface area (Å²) >= 11 is 20.0. The molecule has 4 aliphatic rings. The van der Waals surface area contributed by atoms with E-state index in [9.17, 15) is 101 Å². The van der Waals surface area contributed by atoms with E-state index in [1.54, 1.807) is 122 Å². The molecule has 4 aliphatic heterocycles. The van der Waals surface area contributed by atoms with E-state index in [2.05, 4.69) is 67.6 Å². The molecule has 0 saturated carbocycles. The number of pyridine rings is 4. The van der Waals surface area contributed by atoms with Gasteiger partial charge in [-0.2, -0.15) is 4.73 Å². The van der Waals surface area contributed by atoms with Crippen LogP contribution in [0.1, 0.15) is 85.1 Å². The fraction of sp³-hybridized carbons (Fsp3) is 0.236. The van der Waals surface area contributed by atoms with E-state index >= 15 is 0 Å². The molecule has 0 aliphatic carbocycles. The van der Waals surface area contributed by atoms with Gasteiger partial charge in [0.15, 0.2) is 6.20 Å². The molecule has 8 aromatic carbocycles. The molecule has 4 aromatic heterocycles. The third-order valence-corrected chi connectivity index (χ3v) is 21.3. The van der Waals surface area contributed by atoms with Crippen LogP contribution in [0.4, 0.5) is 100 Å². The highest BCUT2D eigenvalue weighted by molar-refractivity contribution is 8.24. The van der Waals surface area contributed by atoms with Gasteiger partial charge in [0, 0.05) is 60.7 Å². The maximum Gasteiger partial charge on any atom is 0.573 e. The molecular weight excluding hydrogens is 1910 g/mol. The average molecular weight is 1990 g/mol. The van der Waals surface area contributed by atoms with Gasteiger partial charge in [0.25, 0.3) is 23.6 Å². The molecule has 0 bridgehead atoms. The lowest BCUT2D eigenvalue weighted by Gasteiger charge is -2.28. The van der Waals surface area contributed by atoms with E-state index in [4.69, 9.17) is 17.3 Å². The van der Waals surface area contributed by atoms with Gasteiger partial charge >= 0.3 is 54.8 Å². The van der Waals surface area contributed by atoms with Crippen LogP contribution < -0.4 is 55.2 Å². The quantitative estimate of drug-likeness (QED) is 0.0226. The summed E-state index contributed by atoms with van der Waals surface area (Å²) < 4.78 is 174. The number of ether oxygens (including phenoxy) is 4. The Hall–Kier alpha value is -13.6. The normalized spacial score (nSPS) is 15.7. The molecule has 0 spiro atoms. The van der Waals surface area contributed by atoms with Gasteiger partial charge in [0.2, 0.25) is 5.52 Å². The van der Waals surface area contributed by atoms with Crippen molar-refractivity contribution >= 4 is 170 Å². The molecule has 0 unspecified atom stereocenters. The highest BCUT2D eigenvalue weighted by Gasteiger charge is 2.56. The number of nitrogens with zero attached hydrogens (tertiary/aromatic N) is 12. The maximum atomic E-state index is 13.2. The summed E-state index contributed by atoms with van der Waals surface area (Å²) in [7, 11) is 0. The molecule has 714 valence electrons. The Bertz CT molecular complexity index is 6330. The molecule has 8 heterocycles. The number of aromatic nitrogens is 4. The summed E-state index contributed by atoms with van der Waals surface area (Å²) in [4.78, 5) is 127. The predicted octanol–water partition coefficient (Wildman–Crippen LogP) is 21.8. The SMILES string of the molecule is C.CC1(C)C(=O)N(c2ccc(OC(F)(F)F)cc2)C(=O)N1Cc1cc(Cl)nc2ccccc12.CC1(C)C(=O)N(c2ccc(OC(F)(F)F)cc2)C(=O)N1Cc1cc(N)nc2ccccc12.CC1(C)C(=O)N(c2ccc(OC(F)(F)F)cc2)C(=O)N1Cc1cc[n+]([O-])c2ccccc12.CC1(C)C(=O)N(c2ccc(OC(F)(F)F)cc2)C(=O)N1Cc1ccnc2ccccc12.N.O.O=P(Cl)(Cl)Cl. The first-order valence-electron chi connectivity index (χ1n) is 38.9. The van der Waals surface area contributed by atoms with E-state index < -0.39 is 124 Å². The van der Waals surface area contributed by atoms with Gasteiger partial charge in [0.1, 0.15) is 56.1 Å². The van der Waals surface area contributed by atoms with Crippen LogP contribution in [0.2, 0.25) is 5.15 Å². The van der Waals surface area contributed by atoms with Crippen molar-refractivity contribution in [2.75, 3.05) is 25.3 Å². The van der Waals surface area contributed by atoms with Gasteiger partial charge in [-0.15, -0.1) is 52.7 Å². The van der Waals surface area contributed by atoms with E-state index in [1.165, 1.54) is 74.3 Å². The molecular formula is C89H81Cl4F12N14O15P. The van der Waals surface area contributed by atoms with Crippen LogP contribution in [0.5, 0.6) is 23.0 Å². The number of halogens is 16. The minimum atomic E-state index is -4.85. The highest BCUT2D eigenvalue weighted by atomic mass is 36.0. The second kappa shape index (κ2) is 40.3. The Morgan fingerprint density at radius 1 is 0.385 bits per heavy atom. The number of nitrogen functional groups attached to an aromatic ring is 1. The Morgan fingerprint density at radius 2 is 0.644 bits per heavy atom. The lowest BCUT2D eigenvalue weighted by Crippen LogP contribution is -2.43. The number of urea groups is 4. The first-order valence-corrected chi connectivity index (χ1v) is 43.7. The van der Waals surface area contributed by atoms with Crippen LogP contribution in [0.25, 0.3) is 43.6 Å². The predicted molar refractivity (Wildman–Crippen MR) is 481 cm³/mol. The van der Waals surface area contributed by atoms with Crippen LogP contribution in [0, 0.1) is 5.21 Å². The van der Waals surface area contributed by atoms with Gasteiger partial charge in [0.05, 0.1) is 44.7 Å². The van der Waals surface area contributed by atoms with Gasteiger partial charge < -0.3 is 61.1 Å². The van der Waals surface area contributed by atoms with Crippen LogP contribution >= 0.6 is 50.5 Å². The smallest absolute Gasteiger partial charge is 0.573 e. The lowest BCUT2D eigenvalue weighted by molar-refractivity contribution is -0.577. The lowest BCUT2D eigenvalue weighted by atomic mass is 10.0. The zero-order chi connectivity index (χ0) is 96.7. The molecule has 12 aromatic rings. The Morgan fingerprint density at radius 3 is 0.963 bits per heavy atom. The molecule has 4 saturated heterocycles. The van der Waals surface area contributed by atoms with Crippen molar-refractivity contribution in [3.8, 4) is 23.0 Å². The first-order chi connectivity index (χ1) is 61.5. The second-order valence-corrected chi connectivity index (χ2v) is 38.4. The molecule has 16 rings (SSSR count). The Balaban J connectivity index is 0.000000197. The first kappa shape index (κ1) is 105. The van der Waals surface area contributed by atoms with E-state index in [-0.39, 0.29) is 79.0 Å². The van der Waals surface area contributed by atoms with Crippen LogP contribution in [0.3, 0.4) is 0 Å². The third-order valence-electron chi connectivity index (χ3n) is 21.2. The number of anilines is 5. The molecule has 4 fully saturated rings. The third kappa shape index (κ3) is 24.0. The largest absolute Gasteiger partial charge is 0.618 e. The summed E-state index contributed by atoms with van der Waals surface area (Å²) in [5.74, 6) is -3.51. The number of carbonyl (C=O) groups excluding carboxylic acids is 8. The highest BCUT2D eigenvalue weighted by Crippen LogP contribution is 2.61. The fourth-order valence-corrected chi connectivity index (χ4v) is 14.8. The van der Waals surface area contributed by atoms with Gasteiger partial charge in [-0.3, -0.25) is 28.7 Å². The number of hydrogen-bond acceptors (Lipinski definition) is 19. The summed E-state index contributed by atoms with van der Waals surface area (Å²) in [5, 5.41) is 12.2. The minimum absolute atomic E-state index is 0. The Labute approximate surface area is 780 Å². The summed E-state index contributed by atoms with van der Waals surface area (Å²) in [6.45, 7) is 13.3. The molecule has 12 amide bonds. The van der Waals surface area contributed by atoms with Gasteiger partial charge in [-0.05, 0) is 251 Å². The van der Waals surface area contributed by atoms with Crippen molar-refractivity contribution in [1.29, 1.82) is 0 Å². The number of hydrogen-bond donors (Lipinski definition) is 2. The Kier molecular flexibility index (Phi) is 31.4. The maximum absolute atomic E-state index is 13.2. The number of rotatable bonds is 16. The number of fused-ring (bicyclic) bond motifs is 4. The second-order valence-electron chi connectivity index (χ2n) is 31.4. The van der Waals surface area contributed by atoms with Crippen molar-refractivity contribution in [3.63, 3.8) is 0 Å². The van der Waals surface area contributed by atoms with Crippen molar-refractivity contribution < 1.29 is 125 Å². The van der Waals surface area contributed by atoms with E-state index in [0.29, 0.717) is 33.1 Å². The summed E-state index contributed by atoms with van der Waals surface area (Å²) in [6, 6.07) is 51.6. The van der Waals surface area contributed by atoms with E-state index in [1.807, 2.05) is 60.7 Å². The monoisotopic (exact) mass is 1980 g/mol. The van der Waals surface area contributed by atoms with Crippen LogP contribution in [-0.2, 0) is 49.9 Å². The zero-order valence-electron chi connectivity index (χ0n) is 71.1. The van der Waals surface area contributed by atoms with Gasteiger partial charge in [-0.1, -0.05) is 85.8 Å². The number of alkyl halides is 12. The van der Waals surface area contributed by atoms with Crippen molar-refractivity contribution in [2.24, 2.45) is 0 Å². The number of imide groups is 4. The van der Waals surface area contributed by atoms with Gasteiger partial charge in [-0.25, -0.2) is 48.7 Å². The average Bonchev–Trinajstić information content (AvgIpc) is 1.60. The number of nitrogens with two attached hydrogens (primary N) is 1. The van der Waals surface area contributed by atoms with Crippen molar-refractivity contribution in [2.45, 2.75) is 137 Å². The number of para-hydroxylation sites is 4.